The van der Waals surface area contributed by atoms with Gasteiger partial charge in [0.1, 0.15) is 5.75 Å². The number of aliphatic hydroxyl groups excluding tert-OH is 1. The summed E-state index contributed by atoms with van der Waals surface area (Å²) in [4.78, 5) is 26.2. The van der Waals surface area contributed by atoms with Crippen molar-refractivity contribution < 1.29 is 29.6 Å². The molecule has 2 fully saturated rings. The predicted octanol–water partition coefficient (Wildman–Crippen LogP) is 4.01. The van der Waals surface area contributed by atoms with Crippen molar-refractivity contribution in [2.75, 3.05) is 19.6 Å². The van der Waals surface area contributed by atoms with Crippen LogP contribution in [0.15, 0.2) is 42.5 Å². The standard InChI is InChI=1S/C29H38ClN3O6/c1-18-6-2-8-21(14-18)39-26-22(9-3-10-23(26)30)29(38,11-5-12-32-28(36)37)20-7-4-13-33(17-20)27(35)19-15-24(31)25(34)16-19/h2-3,6,8-10,14,19-20,24-25,32,34,38H,4-5,7,11-13,15-17,31H2,1H3,(H,36,37)/t19-,20+,24+,25-,29-/m0/s1. The number of para-hydroxylation sites is 1. The molecule has 2 aromatic rings. The summed E-state index contributed by atoms with van der Waals surface area (Å²) in [6, 6.07) is 12.4. The summed E-state index contributed by atoms with van der Waals surface area (Å²) < 4.78 is 6.26. The molecule has 1 aliphatic heterocycles. The first-order valence-electron chi connectivity index (χ1n) is 13.5. The zero-order chi connectivity index (χ0) is 28.2. The summed E-state index contributed by atoms with van der Waals surface area (Å²) in [6.07, 6.45) is 0.925. The minimum atomic E-state index is -1.45. The fourth-order valence-corrected chi connectivity index (χ4v) is 6.15. The van der Waals surface area contributed by atoms with Crippen LogP contribution in [-0.2, 0) is 10.4 Å². The number of ether oxygens (including phenoxy) is 1. The molecule has 2 aliphatic rings. The van der Waals surface area contributed by atoms with Crippen molar-refractivity contribution in [2.24, 2.45) is 17.6 Å². The van der Waals surface area contributed by atoms with Gasteiger partial charge in [0.05, 0.1) is 16.7 Å². The molecule has 39 heavy (non-hydrogen) atoms. The number of aryl methyl sites for hydroxylation is 1. The van der Waals surface area contributed by atoms with Crippen LogP contribution < -0.4 is 15.8 Å². The van der Waals surface area contributed by atoms with Crippen molar-refractivity contribution in [3.63, 3.8) is 0 Å². The molecule has 212 valence electrons. The monoisotopic (exact) mass is 559 g/mol. The number of carboxylic acid groups (broad SMARTS) is 1. The van der Waals surface area contributed by atoms with Crippen molar-refractivity contribution in [1.82, 2.24) is 10.2 Å². The topological polar surface area (TPSA) is 145 Å². The van der Waals surface area contributed by atoms with E-state index in [1.54, 1.807) is 23.1 Å². The van der Waals surface area contributed by atoms with E-state index in [0.29, 0.717) is 67.3 Å². The molecular weight excluding hydrogens is 522 g/mol. The number of piperidine rings is 1. The maximum atomic E-state index is 13.4. The van der Waals surface area contributed by atoms with E-state index in [-0.39, 0.29) is 30.7 Å². The molecule has 10 heteroatoms. The van der Waals surface area contributed by atoms with Crippen molar-refractivity contribution in [1.29, 1.82) is 0 Å². The maximum absolute atomic E-state index is 13.4. The molecule has 0 spiro atoms. The third-order valence-electron chi connectivity index (χ3n) is 7.99. The van der Waals surface area contributed by atoms with E-state index in [1.807, 2.05) is 31.2 Å². The lowest BCUT2D eigenvalue weighted by Crippen LogP contribution is -2.49. The van der Waals surface area contributed by atoms with Gasteiger partial charge in [0.25, 0.3) is 0 Å². The number of benzene rings is 2. The van der Waals surface area contributed by atoms with Crippen LogP contribution in [0.5, 0.6) is 11.5 Å². The molecule has 0 radical (unpaired) electrons. The third-order valence-corrected chi connectivity index (χ3v) is 8.29. The van der Waals surface area contributed by atoms with Crippen molar-refractivity contribution >= 4 is 23.6 Å². The molecular formula is C29H38ClN3O6. The largest absolute Gasteiger partial charge is 0.465 e. The molecule has 2 aromatic carbocycles. The maximum Gasteiger partial charge on any atom is 0.404 e. The number of likely N-dealkylation sites (tertiary alicyclic amines) is 1. The normalized spacial score (nSPS) is 24.7. The van der Waals surface area contributed by atoms with Crippen molar-refractivity contribution in [3.8, 4) is 11.5 Å². The number of amides is 2. The Kier molecular flexibility index (Phi) is 9.38. The van der Waals surface area contributed by atoms with Gasteiger partial charge in [-0.1, -0.05) is 35.9 Å². The Morgan fingerprint density at radius 1 is 1.23 bits per heavy atom. The number of aliphatic hydroxyl groups is 2. The molecule has 1 saturated carbocycles. The minimum absolute atomic E-state index is 0.0519. The second-order valence-electron chi connectivity index (χ2n) is 10.8. The number of hydrogen-bond donors (Lipinski definition) is 5. The van der Waals surface area contributed by atoms with Gasteiger partial charge in [-0.2, -0.15) is 0 Å². The lowest BCUT2D eigenvalue weighted by molar-refractivity contribution is -0.141. The quantitative estimate of drug-likeness (QED) is 0.292. The first kappa shape index (κ1) is 29.1. The molecule has 1 heterocycles. The second-order valence-corrected chi connectivity index (χ2v) is 11.2. The second kappa shape index (κ2) is 12.6. The number of nitrogens with zero attached hydrogens (tertiary/aromatic N) is 1. The van der Waals surface area contributed by atoms with Crippen LogP contribution in [0.25, 0.3) is 0 Å². The van der Waals surface area contributed by atoms with Crippen LogP contribution in [0.2, 0.25) is 5.02 Å². The SMILES string of the molecule is Cc1cccc(Oc2c(Cl)cccc2[C@](O)(CCCNC(=O)O)[C@@H]2CCCN(C(=O)[C@H]3C[C@@H](N)[C@@H](O)C3)C2)c1. The summed E-state index contributed by atoms with van der Waals surface area (Å²) in [6.45, 7) is 3.01. The van der Waals surface area contributed by atoms with Gasteiger partial charge in [0.2, 0.25) is 5.91 Å². The molecule has 0 unspecified atom stereocenters. The van der Waals surface area contributed by atoms with Crippen LogP contribution in [0.4, 0.5) is 4.79 Å². The number of hydrogen-bond acceptors (Lipinski definition) is 6. The van der Waals surface area contributed by atoms with E-state index in [0.717, 1.165) is 5.56 Å². The Morgan fingerprint density at radius 3 is 2.69 bits per heavy atom. The molecule has 6 N–H and O–H groups in total. The van der Waals surface area contributed by atoms with Gasteiger partial charge >= 0.3 is 6.09 Å². The highest BCUT2D eigenvalue weighted by Gasteiger charge is 2.45. The van der Waals surface area contributed by atoms with Gasteiger partial charge < -0.3 is 36.0 Å². The van der Waals surface area contributed by atoms with Crippen LogP contribution in [-0.4, -0.2) is 64.0 Å². The summed E-state index contributed by atoms with van der Waals surface area (Å²) >= 11 is 6.63. The number of carbonyl (C=O) groups excluding carboxylic acids is 1. The van der Waals surface area contributed by atoms with Gasteiger partial charge in [-0.3, -0.25) is 4.79 Å². The fourth-order valence-electron chi connectivity index (χ4n) is 5.94. The first-order chi connectivity index (χ1) is 18.6. The number of nitrogens with two attached hydrogens (primary N) is 1. The highest BCUT2D eigenvalue weighted by atomic mass is 35.5. The van der Waals surface area contributed by atoms with Crippen LogP contribution in [0.1, 0.15) is 49.7 Å². The highest BCUT2D eigenvalue weighted by Crippen LogP contribution is 2.47. The Morgan fingerprint density at radius 2 is 2.00 bits per heavy atom. The molecule has 5 atom stereocenters. The molecule has 4 rings (SSSR count). The van der Waals surface area contributed by atoms with Gasteiger partial charge in [-0.15, -0.1) is 0 Å². The predicted molar refractivity (Wildman–Crippen MR) is 148 cm³/mol. The smallest absolute Gasteiger partial charge is 0.404 e. The number of nitrogens with one attached hydrogen (secondary N) is 1. The van der Waals surface area contributed by atoms with E-state index in [4.69, 9.17) is 27.2 Å². The number of carbonyl (C=O) groups is 2. The van der Waals surface area contributed by atoms with E-state index in [2.05, 4.69) is 5.32 Å². The zero-order valence-corrected chi connectivity index (χ0v) is 22.9. The van der Waals surface area contributed by atoms with E-state index in [9.17, 15) is 19.8 Å². The summed E-state index contributed by atoms with van der Waals surface area (Å²) in [5.74, 6) is 0.179. The Labute approximate surface area is 233 Å². The minimum Gasteiger partial charge on any atom is -0.465 e. The number of halogens is 1. The van der Waals surface area contributed by atoms with E-state index >= 15 is 0 Å². The average Bonchev–Trinajstić information content (AvgIpc) is 3.25. The van der Waals surface area contributed by atoms with Crippen LogP contribution in [0, 0.1) is 18.8 Å². The van der Waals surface area contributed by atoms with Crippen LogP contribution in [0.3, 0.4) is 0 Å². The Bertz CT molecular complexity index is 1170. The molecule has 1 saturated heterocycles. The van der Waals surface area contributed by atoms with Gasteiger partial charge in [0, 0.05) is 43.1 Å². The Balaban J connectivity index is 1.64. The molecule has 2 amide bonds. The van der Waals surface area contributed by atoms with E-state index < -0.39 is 23.8 Å². The zero-order valence-electron chi connectivity index (χ0n) is 22.2. The fraction of sp³-hybridized carbons (Fsp3) is 0.517. The summed E-state index contributed by atoms with van der Waals surface area (Å²) in [5, 5.41) is 34.3. The Hall–Kier alpha value is -2.85. The highest BCUT2D eigenvalue weighted by molar-refractivity contribution is 6.32. The molecule has 0 bridgehead atoms. The van der Waals surface area contributed by atoms with Crippen molar-refractivity contribution in [3.05, 3.63) is 58.6 Å². The molecule has 1 aliphatic carbocycles. The van der Waals surface area contributed by atoms with Crippen molar-refractivity contribution in [2.45, 2.75) is 63.2 Å². The molecule has 0 aromatic heterocycles. The average molecular weight is 560 g/mol. The summed E-state index contributed by atoms with van der Waals surface area (Å²) in [7, 11) is 0. The lowest BCUT2D eigenvalue weighted by Gasteiger charge is -2.44. The van der Waals surface area contributed by atoms with Gasteiger partial charge in [-0.05, 0) is 69.2 Å². The van der Waals surface area contributed by atoms with Gasteiger partial charge in [0.15, 0.2) is 5.75 Å². The lowest BCUT2D eigenvalue weighted by atomic mass is 9.73. The number of rotatable bonds is 9. The third kappa shape index (κ3) is 6.84. The first-order valence-corrected chi connectivity index (χ1v) is 13.9. The summed E-state index contributed by atoms with van der Waals surface area (Å²) in [5.41, 5.74) is 6.03. The van der Waals surface area contributed by atoms with Crippen LogP contribution >= 0.6 is 11.6 Å². The molecule has 9 nitrogen and oxygen atoms in total. The van der Waals surface area contributed by atoms with Gasteiger partial charge in [-0.25, -0.2) is 4.79 Å². The van der Waals surface area contributed by atoms with E-state index in [1.165, 1.54) is 0 Å².